The van der Waals surface area contributed by atoms with Crippen molar-refractivity contribution in [2.75, 3.05) is 0 Å². The molecule has 15 heavy (non-hydrogen) atoms. The molecule has 3 heteroatoms. The largest absolute Gasteiger partial charge is 0.324 e. The number of nitrogens with two attached hydrogens (primary N) is 1. The molecule has 2 aromatic rings. The van der Waals surface area contributed by atoms with E-state index in [2.05, 4.69) is 45.6 Å². The van der Waals surface area contributed by atoms with Crippen LogP contribution in [0.25, 0.3) is 0 Å². The molecule has 1 aromatic heterocycles. The molecule has 1 heterocycles. The van der Waals surface area contributed by atoms with E-state index < -0.39 is 0 Å². The van der Waals surface area contributed by atoms with E-state index in [9.17, 15) is 0 Å². The quantitative estimate of drug-likeness (QED) is 0.911. The number of benzene rings is 1. The van der Waals surface area contributed by atoms with Gasteiger partial charge in [-0.1, -0.05) is 34.1 Å². The van der Waals surface area contributed by atoms with Gasteiger partial charge in [-0.05, 0) is 29.1 Å². The van der Waals surface area contributed by atoms with Crippen molar-refractivity contribution in [2.24, 2.45) is 5.73 Å². The Kier molecular flexibility index (Phi) is 3.57. The Hall–Kier alpha value is -0.640. The number of hydrogen-bond acceptors (Lipinski definition) is 2. The Labute approximate surface area is 102 Å². The first-order chi connectivity index (χ1) is 7.25. The molecule has 2 N–H and O–H groups in total. The predicted octanol–water partition coefficient (Wildman–Crippen LogP) is 3.75. The van der Waals surface area contributed by atoms with Gasteiger partial charge in [-0.15, -0.1) is 11.3 Å². The van der Waals surface area contributed by atoms with Crippen LogP contribution in [0.15, 0.2) is 46.3 Å². The molecule has 0 aliphatic carbocycles. The molecule has 1 atom stereocenters. The smallest absolute Gasteiger partial charge is 0.0343 e. The highest BCUT2D eigenvalue weighted by Gasteiger charge is 2.07. The van der Waals surface area contributed by atoms with Gasteiger partial charge in [-0.3, -0.25) is 0 Å². The van der Waals surface area contributed by atoms with E-state index in [0.717, 1.165) is 10.9 Å². The lowest BCUT2D eigenvalue weighted by Gasteiger charge is -2.10. The highest BCUT2D eigenvalue weighted by atomic mass is 79.9. The minimum Gasteiger partial charge on any atom is -0.324 e. The van der Waals surface area contributed by atoms with Gasteiger partial charge >= 0.3 is 0 Å². The summed E-state index contributed by atoms with van der Waals surface area (Å²) in [5.41, 5.74) is 7.31. The minimum absolute atomic E-state index is 0.0942. The molecule has 1 nitrogen and oxygen atoms in total. The molecular weight excluding hydrogens is 270 g/mol. The summed E-state index contributed by atoms with van der Waals surface area (Å²) in [6, 6.07) is 12.5. The molecule has 0 spiro atoms. The standard InChI is InChI=1S/C12H12BrNS/c13-10-5-3-9(4-6-10)12(14)8-11-2-1-7-15-11/h1-7,12H,8,14H2. The lowest BCUT2D eigenvalue weighted by Crippen LogP contribution is -2.12. The molecule has 2 rings (SSSR count). The van der Waals surface area contributed by atoms with E-state index in [0.29, 0.717) is 0 Å². The van der Waals surface area contributed by atoms with Gasteiger partial charge in [0.15, 0.2) is 0 Å². The summed E-state index contributed by atoms with van der Waals surface area (Å²) >= 11 is 5.18. The lowest BCUT2D eigenvalue weighted by atomic mass is 10.0. The maximum absolute atomic E-state index is 6.13. The maximum Gasteiger partial charge on any atom is 0.0343 e. The van der Waals surface area contributed by atoms with Crippen LogP contribution in [0, 0.1) is 0 Å². The predicted molar refractivity (Wildman–Crippen MR) is 69.1 cm³/mol. The lowest BCUT2D eigenvalue weighted by molar-refractivity contribution is 0.730. The molecule has 0 bridgehead atoms. The van der Waals surface area contributed by atoms with Crippen molar-refractivity contribution >= 4 is 27.3 Å². The topological polar surface area (TPSA) is 26.0 Å². The first-order valence-corrected chi connectivity index (χ1v) is 6.46. The summed E-state index contributed by atoms with van der Waals surface area (Å²) < 4.78 is 1.09. The summed E-state index contributed by atoms with van der Waals surface area (Å²) in [6.45, 7) is 0. The van der Waals surface area contributed by atoms with Crippen molar-refractivity contribution in [1.29, 1.82) is 0 Å². The molecule has 0 saturated carbocycles. The van der Waals surface area contributed by atoms with Crippen LogP contribution in [-0.2, 0) is 6.42 Å². The van der Waals surface area contributed by atoms with Crippen molar-refractivity contribution < 1.29 is 0 Å². The van der Waals surface area contributed by atoms with Crippen LogP contribution in [0.2, 0.25) is 0 Å². The van der Waals surface area contributed by atoms with Crippen LogP contribution in [0.5, 0.6) is 0 Å². The molecule has 0 fully saturated rings. The first kappa shape index (κ1) is 10.9. The Morgan fingerprint density at radius 2 is 1.93 bits per heavy atom. The first-order valence-electron chi connectivity index (χ1n) is 4.79. The van der Waals surface area contributed by atoms with Crippen molar-refractivity contribution in [1.82, 2.24) is 0 Å². The van der Waals surface area contributed by atoms with Gasteiger partial charge in [-0.25, -0.2) is 0 Å². The fraction of sp³-hybridized carbons (Fsp3) is 0.167. The molecule has 0 radical (unpaired) electrons. The zero-order valence-corrected chi connectivity index (χ0v) is 10.6. The third-order valence-corrected chi connectivity index (χ3v) is 3.73. The van der Waals surface area contributed by atoms with Gasteiger partial charge < -0.3 is 5.73 Å². The molecule has 1 aromatic carbocycles. The van der Waals surface area contributed by atoms with Gasteiger partial charge in [0.2, 0.25) is 0 Å². The van der Waals surface area contributed by atoms with Gasteiger partial charge in [-0.2, -0.15) is 0 Å². The van der Waals surface area contributed by atoms with E-state index in [-0.39, 0.29) is 6.04 Å². The molecule has 1 unspecified atom stereocenters. The third kappa shape index (κ3) is 2.91. The normalized spacial score (nSPS) is 12.7. The molecule has 78 valence electrons. The summed E-state index contributed by atoms with van der Waals surface area (Å²) in [5.74, 6) is 0. The second-order valence-corrected chi connectivity index (χ2v) is 5.39. The molecular formula is C12H12BrNS. The van der Waals surface area contributed by atoms with Crippen LogP contribution >= 0.6 is 27.3 Å². The third-order valence-electron chi connectivity index (χ3n) is 2.30. The minimum atomic E-state index is 0.0942. The Morgan fingerprint density at radius 1 is 1.20 bits per heavy atom. The zero-order valence-electron chi connectivity index (χ0n) is 8.19. The average molecular weight is 282 g/mol. The number of hydrogen-bond donors (Lipinski definition) is 1. The van der Waals surface area contributed by atoms with Crippen LogP contribution in [-0.4, -0.2) is 0 Å². The molecule has 0 amide bonds. The highest BCUT2D eigenvalue weighted by Crippen LogP contribution is 2.20. The number of thiophene rings is 1. The van der Waals surface area contributed by atoms with Crippen molar-refractivity contribution in [3.05, 3.63) is 56.7 Å². The van der Waals surface area contributed by atoms with Crippen LogP contribution in [0.4, 0.5) is 0 Å². The van der Waals surface area contributed by atoms with E-state index in [1.165, 1.54) is 10.4 Å². The summed E-state index contributed by atoms with van der Waals surface area (Å²) in [4.78, 5) is 1.34. The van der Waals surface area contributed by atoms with Crippen molar-refractivity contribution in [3.8, 4) is 0 Å². The number of rotatable bonds is 3. The second-order valence-electron chi connectivity index (χ2n) is 3.44. The SMILES string of the molecule is NC(Cc1cccs1)c1ccc(Br)cc1. The van der Waals surface area contributed by atoms with Crippen LogP contribution in [0.1, 0.15) is 16.5 Å². The number of halogens is 1. The fourth-order valence-electron chi connectivity index (χ4n) is 1.47. The second kappa shape index (κ2) is 4.92. The summed E-state index contributed by atoms with van der Waals surface area (Å²) in [7, 11) is 0. The van der Waals surface area contributed by atoms with E-state index in [4.69, 9.17) is 5.73 Å². The molecule has 0 saturated heterocycles. The van der Waals surface area contributed by atoms with Gasteiger partial charge in [0.05, 0.1) is 0 Å². The maximum atomic E-state index is 6.13. The van der Waals surface area contributed by atoms with Crippen molar-refractivity contribution in [2.45, 2.75) is 12.5 Å². The van der Waals surface area contributed by atoms with Gasteiger partial charge in [0.25, 0.3) is 0 Å². The Bertz CT molecular complexity index is 408. The van der Waals surface area contributed by atoms with Gasteiger partial charge in [0, 0.05) is 21.8 Å². The van der Waals surface area contributed by atoms with E-state index in [1.807, 2.05) is 12.1 Å². The summed E-state index contributed by atoms with van der Waals surface area (Å²) in [6.07, 6.45) is 0.916. The van der Waals surface area contributed by atoms with E-state index in [1.54, 1.807) is 11.3 Å². The van der Waals surface area contributed by atoms with E-state index >= 15 is 0 Å². The van der Waals surface area contributed by atoms with Gasteiger partial charge in [0.1, 0.15) is 0 Å². The van der Waals surface area contributed by atoms with Crippen LogP contribution < -0.4 is 5.73 Å². The average Bonchev–Trinajstić information content (AvgIpc) is 2.71. The Balaban J connectivity index is 2.08. The summed E-state index contributed by atoms with van der Waals surface area (Å²) in [5, 5.41) is 2.09. The van der Waals surface area contributed by atoms with Crippen molar-refractivity contribution in [3.63, 3.8) is 0 Å². The zero-order chi connectivity index (χ0) is 10.7. The fourth-order valence-corrected chi connectivity index (χ4v) is 2.50. The highest BCUT2D eigenvalue weighted by molar-refractivity contribution is 9.10. The molecule has 0 aliphatic heterocycles. The van der Waals surface area contributed by atoms with Crippen LogP contribution in [0.3, 0.4) is 0 Å². The monoisotopic (exact) mass is 281 g/mol. The molecule has 0 aliphatic rings. The Morgan fingerprint density at radius 3 is 2.53 bits per heavy atom.